The van der Waals surface area contributed by atoms with E-state index in [-0.39, 0.29) is 24.2 Å². The number of carbonyl (C=O) groups excluding carboxylic acids is 1. The molecule has 0 spiro atoms. The summed E-state index contributed by atoms with van der Waals surface area (Å²) in [6.45, 7) is 3.65. The Morgan fingerprint density at radius 2 is 2.12 bits per heavy atom. The number of fused-ring (bicyclic) bond motifs is 5. The van der Waals surface area contributed by atoms with Crippen LogP contribution in [0.5, 0.6) is 0 Å². The SMILES string of the molecule is CC1(C)O[C@@H]2[C@H]3C[C@@H](OC(=O)[C@H]3N=[N+]=[N-])[C@@H]2O1. The number of esters is 1. The minimum Gasteiger partial charge on any atom is -0.459 e. The standard InChI is InChI=1S/C10H13N3O4/c1-10(2)16-7-4-3-5(8(7)17-10)15-9(14)6(4)12-13-11/h4-8H,3H2,1-2H3/t4-,5+,6-,7+,8-/m0/s1. The summed E-state index contributed by atoms with van der Waals surface area (Å²) in [6.07, 6.45) is -0.0971. The lowest BCUT2D eigenvalue weighted by atomic mass is 9.95. The van der Waals surface area contributed by atoms with Gasteiger partial charge in [0.05, 0.1) is 6.10 Å². The Morgan fingerprint density at radius 3 is 2.82 bits per heavy atom. The van der Waals surface area contributed by atoms with Crippen LogP contribution in [-0.2, 0) is 19.0 Å². The number of rotatable bonds is 1. The molecular weight excluding hydrogens is 226 g/mol. The van der Waals surface area contributed by atoms with Crippen molar-refractivity contribution in [2.75, 3.05) is 0 Å². The molecule has 1 aliphatic carbocycles. The largest absolute Gasteiger partial charge is 0.459 e. The van der Waals surface area contributed by atoms with Crippen LogP contribution < -0.4 is 0 Å². The van der Waals surface area contributed by atoms with E-state index < -0.39 is 17.8 Å². The van der Waals surface area contributed by atoms with Gasteiger partial charge in [0.25, 0.3) is 0 Å². The van der Waals surface area contributed by atoms with E-state index >= 15 is 0 Å². The molecule has 0 aromatic heterocycles. The Hall–Kier alpha value is -1.30. The highest BCUT2D eigenvalue weighted by Crippen LogP contribution is 2.47. The zero-order valence-electron chi connectivity index (χ0n) is 9.57. The summed E-state index contributed by atoms with van der Waals surface area (Å²) in [6, 6.07) is -0.788. The first kappa shape index (κ1) is 10.8. The van der Waals surface area contributed by atoms with Gasteiger partial charge in [0.1, 0.15) is 18.2 Å². The molecule has 3 rings (SSSR count). The molecule has 2 aliphatic heterocycles. The van der Waals surface area contributed by atoms with Crippen molar-refractivity contribution in [3.63, 3.8) is 0 Å². The Bertz CT molecular complexity index is 418. The summed E-state index contributed by atoms with van der Waals surface area (Å²) < 4.78 is 16.7. The van der Waals surface area contributed by atoms with E-state index in [1.165, 1.54) is 0 Å². The summed E-state index contributed by atoms with van der Waals surface area (Å²) in [5, 5.41) is 3.52. The highest BCUT2D eigenvalue weighted by molar-refractivity contribution is 5.78. The van der Waals surface area contributed by atoms with Crippen LogP contribution >= 0.6 is 0 Å². The Kier molecular flexibility index (Phi) is 2.13. The highest BCUT2D eigenvalue weighted by atomic mass is 16.8. The quantitative estimate of drug-likeness (QED) is 0.296. The summed E-state index contributed by atoms with van der Waals surface area (Å²) in [7, 11) is 0. The van der Waals surface area contributed by atoms with Gasteiger partial charge in [-0.2, -0.15) is 0 Å². The molecule has 0 radical (unpaired) electrons. The number of hydrogen-bond acceptors (Lipinski definition) is 5. The Balaban J connectivity index is 1.92. The minimum atomic E-state index is -0.788. The fraction of sp³-hybridized carbons (Fsp3) is 0.900. The molecule has 2 bridgehead atoms. The molecule has 3 aliphatic rings. The van der Waals surface area contributed by atoms with Gasteiger partial charge in [0, 0.05) is 10.8 Å². The van der Waals surface area contributed by atoms with Crippen molar-refractivity contribution >= 4 is 5.97 Å². The van der Waals surface area contributed by atoms with E-state index in [0.717, 1.165) is 0 Å². The van der Waals surface area contributed by atoms with E-state index in [4.69, 9.17) is 19.7 Å². The second-order valence-corrected chi connectivity index (χ2v) is 5.09. The third kappa shape index (κ3) is 1.50. The minimum absolute atomic E-state index is 0.135. The van der Waals surface area contributed by atoms with E-state index in [1.807, 2.05) is 13.8 Å². The number of ether oxygens (including phenoxy) is 3. The fourth-order valence-electron chi connectivity index (χ4n) is 2.98. The first-order chi connectivity index (χ1) is 8.02. The van der Waals surface area contributed by atoms with Crippen LogP contribution in [0.25, 0.3) is 10.4 Å². The maximum absolute atomic E-state index is 11.6. The predicted molar refractivity (Wildman–Crippen MR) is 54.7 cm³/mol. The molecule has 0 unspecified atom stereocenters. The molecule has 0 amide bonds. The number of hydrogen-bond donors (Lipinski definition) is 0. The van der Waals surface area contributed by atoms with Gasteiger partial charge in [-0.3, -0.25) is 4.79 Å². The van der Waals surface area contributed by atoms with Gasteiger partial charge in [-0.05, 0) is 25.8 Å². The summed E-state index contributed by atoms with van der Waals surface area (Å²) in [5.74, 6) is -1.27. The van der Waals surface area contributed by atoms with Gasteiger partial charge in [-0.25, -0.2) is 0 Å². The molecule has 0 aromatic rings. The third-order valence-electron chi connectivity index (χ3n) is 3.55. The zero-order valence-corrected chi connectivity index (χ0v) is 9.57. The van der Waals surface area contributed by atoms with Gasteiger partial charge < -0.3 is 14.2 Å². The van der Waals surface area contributed by atoms with Gasteiger partial charge in [-0.15, -0.1) is 0 Å². The van der Waals surface area contributed by atoms with Crippen molar-refractivity contribution in [1.29, 1.82) is 0 Å². The maximum atomic E-state index is 11.6. The van der Waals surface area contributed by atoms with Crippen LogP contribution in [0.4, 0.5) is 0 Å². The molecule has 7 heteroatoms. The van der Waals surface area contributed by atoms with Crippen LogP contribution in [0.2, 0.25) is 0 Å². The van der Waals surface area contributed by atoms with Gasteiger partial charge in [0.15, 0.2) is 5.79 Å². The molecular formula is C10H13N3O4. The van der Waals surface area contributed by atoms with Crippen molar-refractivity contribution in [3.05, 3.63) is 10.4 Å². The Morgan fingerprint density at radius 1 is 1.41 bits per heavy atom. The lowest BCUT2D eigenvalue weighted by Gasteiger charge is -2.29. The molecule has 0 N–H and O–H groups in total. The van der Waals surface area contributed by atoms with E-state index in [1.54, 1.807) is 0 Å². The first-order valence-electron chi connectivity index (χ1n) is 5.62. The molecule has 3 fully saturated rings. The van der Waals surface area contributed by atoms with Gasteiger partial charge in [-0.1, -0.05) is 5.11 Å². The zero-order chi connectivity index (χ0) is 12.2. The summed E-state index contributed by atoms with van der Waals surface area (Å²) in [4.78, 5) is 14.3. The smallest absolute Gasteiger partial charge is 0.315 e. The van der Waals surface area contributed by atoms with E-state index in [2.05, 4.69) is 10.0 Å². The highest BCUT2D eigenvalue weighted by Gasteiger charge is 2.61. The average Bonchev–Trinajstić information content (AvgIpc) is 2.68. The predicted octanol–water partition coefficient (Wildman–Crippen LogP) is 1.13. The first-order valence-corrected chi connectivity index (χ1v) is 5.62. The second kappa shape index (κ2) is 3.35. The molecule has 0 aromatic carbocycles. The number of carbonyl (C=O) groups is 1. The number of nitrogens with zero attached hydrogens (tertiary/aromatic N) is 3. The maximum Gasteiger partial charge on any atom is 0.315 e. The molecule has 7 nitrogen and oxygen atoms in total. The third-order valence-corrected chi connectivity index (χ3v) is 3.55. The molecule has 17 heavy (non-hydrogen) atoms. The Labute approximate surface area is 97.6 Å². The molecule has 1 saturated carbocycles. The van der Waals surface area contributed by atoms with Crippen molar-refractivity contribution in [1.82, 2.24) is 0 Å². The fourth-order valence-corrected chi connectivity index (χ4v) is 2.98. The monoisotopic (exact) mass is 239 g/mol. The average molecular weight is 239 g/mol. The van der Waals surface area contributed by atoms with Crippen LogP contribution in [0, 0.1) is 5.92 Å². The van der Waals surface area contributed by atoms with Crippen molar-refractivity contribution in [2.45, 2.75) is 50.4 Å². The summed E-state index contributed by atoms with van der Waals surface area (Å²) in [5.41, 5.74) is 8.48. The van der Waals surface area contributed by atoms with Crippen LogP contribution in [-0.4, -0.2) is 36.1 Å². The van der Waals surface area contributed by atoms with Gasteiger partial charge >= 0.3 is 5.97 Å². The lowest BCUT2D eigenvalue weighted by Crippen LogP contribution is -2.40. The van der Waals surface area contributed by atoms with Crippen molar-refractivity contribution in [3.8, 4) is 0 Å². The molecule has 92 valence electrons. The van der Waals surface area contributed by atoms with Crippen LogP contribution in [0.3, 0.4) is 0 Å². The van der Waals surface area contributed by atoms with Crippen LogP contribution in [0.1, 0.15) is 20.3 Å². The molecule has 5 atom stereocenters. The topological polar surface area (TPSA) is 93.5 Å². The summed E-state index contributed by atoms with van der Waals surface area (Å²) >= 11 is 0. The normalized spacial score (nSPS) is 46.0. The van der Waals surface area contributed by atoms with E-state index in [0.29, 0.717) is 6.42 Å². The second-order valence-electron chi connectivity index (χ2n) is 5.09. The van der Waals surface area contributed by atoms with Crippen molar-refractivity contribution < 1.29 is 19.0 Å². The molecule has 2 heterocycles. The van der Waals surface area contributed by atoms with E-state index in [9.17, 15) is 4.79 Å². The number of azide groups is 1. The van der Waals surface area contributed by atoms with Crippen molar-refractivity contribution in [2.24, 2.45) is 11.0 Å². The van der Waals surface area contributed by atoms with Gasteiger partial charge in [0.2, 0.25) is 0 Å². The lowest BCUT2D eigenvalue weighted by molar-refractivity contribution is -0.189. The van der Waals surface area contributed by atoms with Crippen LogP contribution in [0.15, 0.2) is 5.11 Å². The molecule has 2 saturated heterocycles.